The van der Waals surface area contributed by atoms with Crippen molar-refractivity contribution in [2.45, 2.75) is 46.6 Å². The van der Waals surface area contributed by atoms with Crippen molar-refractivity contribution >= 4 is 11.6 Å². The van der Waals surface area contributed by atoms with Crippen molar-refractivity contribution in [1.82, 2.24) is 9.47 Å². The van der Waals surface area contributed by atoms with Gasteiger partial charge in [0.05, 0.1) is 5.69 Å². The zero-order chi connectivity index (χ0) is 14.2. The summed E-state index contributed by atoms with van der Waals surface area (Å²) in [5.41, 5.74) is 7.44. The number of hydrogen-bond acceptors (Lipinski definition) is 2. The Morgan fingerprint density at radius 3 is 2.68 bits per heavy atom. The molecule has 0 aliphatic carbocycles. The third-order valence-corrected chi connectivity index (χ3v) is 3.83. The van der Waals surface area contributed by atoms with Gasteiger partial charge < -0.3 is 15.2 Å². The van der Waals surface area contributed by atoms with Gasteiger partial charge in [-0.3, -0.25) is 4.79 Å². The molecule has 4 nitrogen and oxygen atoms in total. The van der Waals surface area contributed by atoms with E-state index in [-0.39, 0.29) is 17.4 Å². The lowest BCUT2D eigenvalue weighted by molar-refractivity contribution is 0.0571. The molecule has 0 atom stereocenters. The second-order valence-corrected chi connectivity index (χ2v) is 6.65. The largest absolute Gasteiger partial charge is 0.397 e. The maximum Gasteiger partial charge on any atom is 0.270 e. The number of rotatable bonds is 2. The lowest BCUT2D eigenvalue weighted by atomic mass is 9.84. The average Bonchev–Trinajstić information content (AvgIpc) is 2.69. The summed E-state index contributed by atoms with van der Waals surface area (Å²) < 4.78 is 1.97. The van der Waals surface area contributed by atoms with Crippen molar-refractivity contribution in [2.24, 2.45) is 5.41 Å². The number of piperidine rings is 1. The number of nitrogens with two attached hydrogens (primary N) is 1. The van der Waals surface area contributed by atoms with Gasteiger partial charge in [-0.25, -0.2) is 0 Å². The highest BCUT2D eigenvalue weighted by Crippen LogP contribution is 2.30. The van der Waals surface area contributed by atoms with Crippen molar-refractivity contribution in [3.8, 4) is 0 Å². The lowest BCUT2D eigenvalue weighted by Gasteiger charge is -2.38. The van der Waals surface area contributed by atoms with Crippen molar-refractivity contribution in [3.05, 3.63) is 18.0 Å². The molecule has 106 valence electrons. The number of nitrogen functional groups attached to an aromatic ring is 1. The van der Waals surface area contributed by atoms with Crippen LogP contribution in [-0.4, -0.2) is 28.5 Å². The molecule has 0 aromatic carbocycles. The second-order valence-electron chi connectivity index (χ2n) is 6.65. The topological polar surface area (TPSA) is 51.3 Å². The zero-order valence-corrected chi connectivity index (χ0v) is 12.4. The normalized spacial score (nSPS) is 18.9. The van der Waals surface area contributed by atoms with Gasteiger partial charge in [-0.05, 0) is 38.2 Å². The van der Waals surface area contributed by atoms with Gasteiger partial charge in [0.2, 0.25) is 0 Å². The molecule has 0 spiro atoms. The van der Waals surface area contributed by atoms with Gasteiger partial charge in [0.15, 0.2) is 0 Å². The molecule has 2 heterocycles. The van der Waals surface area contributed by atoms with E-state index >= 15 is 0 Å². The molecule has 1 fully saturated rings. The molecule has 1 aliphatic rings. The van der Waals surface area contributed by atoms with Crippen LogP contribution in [0, 0.1) is 5.41 Å². The highest BCUT2D eigenvalue weighted by Gasteiger charge is 2.30. The Hall–Kier alpha value is -1.45. The van der Waals surface area contributed by atoms with Crippen LogP contribution in [0.3, 0.4) is 0 Å². The number of nitrogens with zero attached hydrogens (tertiary/aromatic N) is 2. The Balaban J connectivity index is 2.24. The summed E-state index contributed by atoms with van der Waals surface area (Å²) in [5, 5.41) is 0. The van der Waals surface area contributed by atoms with E-state index < -0.39 is 0 Å². The van der Waals surface area contributed by atoms with Gasteiger partial charge in [0.1, 0.15) is 5.69 Å². The summed E-state index contributed by atoms with van der Waals surface area (Å²) in [5.74, 6) is 0.109. The van der Waals surface area contributed by atoms with E-state index in [1.165, 1.54) is 6.42 Å². The molecule has 1 saturated heterocycles. The van der Waals surface area contributed by atoms with Crippen molar-refractivity contribution in [3.63, 3.8) is 0 Å². The van der Waals surface area contributed by atoms with E-state index in [2.05, 4.69) is 27.7 Å². The van der Waals surface area contributed by atoms with Crippen LogP contribution in [0.4, 0.5) is 5.69 Å². The summed E-state index contributed by atoms with van der Waals surface area (Å²) >= 11 is 0. The third kappa shape index (κ3) is 2.94. The quantitative estimate of drug-likeness (QED) is 0.892. The molecule has 1 amide bonds. The third-order valence-electron chi connectivity index (χ3n) is 3.83. The van der Waals surface area contributed by atoms with Gasteiger partial charge in [-0.15, -0.1) is 0 Å². The van der Waals surface area contributed by atoms with Gasteiger partial charge in [-0.1, -0.05) is 13.8 Å². The first-order chi connectivity index (χ1) is 8.80. The Labute approximate surface area is 115 Å². The first-order valence-electron chi connectivity index (χ1n) is 7.07. The molecule has 0 unspecified atom stereocenters. The van der Waals surface area contributed by atoms with E-state index in [9.17, 15) is 4.79 Å². The Bertz CT molecular complexity index is 474. The predicted molar refractivity (Wildman–Crippen MR) is 78.1 cm³/mol. The molecule has 0 radical (unpaired) electrons. The molecule has 19 heavy (non-hydrogen) atoms. The van der Waals surface area contributed by atoms with Crippen LogP contribution in [0.15, 0.2) is 12.3 Å². The maximum absolute atomic E-state index is 12.7. The number of hydrogen-bond donors (Lipinski definition) is 1. The van der Waals surface area contributed by atoms with Crippen LogP contribution in [-0.2, 0) is 0 Å². The van der Waals surface area contributed by atoms with E-state index in [0.717, 1.165) is 19.5 Å². The average molecular weight is 263 g/mol. The first kappa shape index (κ1) is 14.0. The number of aromatic nitrogens is 1. The van der Waals surface area contributed by atoms with E-state index in [1.54, 1.807) is 6.07 Å². The fourth-order valence-electron chi connectivity index (χ4n) is 2.86. The summed E-state index contributed by atoms with van der Waals surface area (Å²) in [6.07, 6.45) is 4.12. The standard InChI is InChI=1S/C15H25N3O/c1-11(2)18-9-12(16)8-13(18)14(19)17-7-5-6-15(3,4)10-17/h8-9,11H,5-7,10,16H2,1-4H3. The SMILES string of the molecule is CC(C)n1cc(N)cc1C(=O)N1CCCC(C)(C)C1. The van der Waals surface area contributed by atoms with Gasteiger partial charge >= 0.3 is 0 Å². The monoisotopic (exact) mass is 263 g/mol. The van der Waals surface area contributed by atoms with Crippen molar-refractivity contribution < 1.29 is 4.79 Å². The molecule has 1 aromatic heterocycles. The smallest absolute Gasteiger partial charge is 0.270 e. The molecule has 2 rings (SSSR count). The van der Waals surface area contributed by atoms with Crippen LogP contribution in [0.1, 0.15) is 57.1 Å². The molecule has 0 bridgehead atoms. The van der Waals surface area contributed by atoms with Gasteiger partial charge in [-0.2, -0.15) is 0 Å². The molecular formula is C15H25N3O. The van der Waals surface area contributed by atoms with Crippen LogP contribution >= 0.6 is 0 Å². The first-order valence-corrected chi connectivity index (χ1v) is 7.07. The number of anilines is 1. The fraction of sp³-hybridized carbons (Fsp3) is 0.667. The van der Waals surface area contributed by atoms with Crippen LogP contribution in [0.25, 0.3) is 0 Å². The Kier molecular flexibility index (Phi) is 3.61. The van der Waals surface area contributed by atoms with Gasteiger partial charge in [0, 0.05) is 25.3 Å². The number of likely N-dealkylation sites (tertiary alicyclic amines) is 1. The van der Waals surface area contributed by atoms with Crippen molar-refractivity contribution in [1.29, 1.82) is 0 Å². The molecule has 4 heteroatoms. The summed E-state index contributed by atoms with van der Waals surface area (Å²) in [6.45, 7) is 10.3. The van der Waals surface area contributed by atoms with Crippen LogP contribution in [0.5, 0.6) is 0 Å². The molecule has 1 aromatic rings. The number of carbonyl (C=O) groups excluding carboxylic acids is 1. The van der Waals surface area contributed by atoms with Crippen LogP contribution in [0.2, 0.25) is 0 Å². The van der Waals surface area contributed by atoms with E-state index in [4.69, 9.17) is 5.73 Å². The summed E-state index contributed by atoms with van der Waals surface area (Å²) in [6, 6.07) is 2.04. The van der Waals surface area contributed by atoms with E-state index in [0.29, 0.717) is 11.4 Å². The Morgan fingerprint density at radius 2 is 2.11 bits per heavy atom. The lowest BCUT2D eigenvalue weighted by Crippen LogP contribution is -2.44. The number of carbonyl (C=O) groups is 1. The zero-order valence-electron chi connectivity index (χ0n) is 12.4. The number of amides is 1. The minimum absolute atomic E-state index is 0.109. The molecule has 0 saturated carbocycles. The minimum atomic E-state index is 0.109. The van der Waals surface area contributed by atoms with Gasteiger partial charge in [0.25, 0.3) is 5.91 Å². The molecule has 1 aliphatic heterocycles. The Morgan fingerprint density at radius 1 is 1.42 bits per heavy atom. The molecule has 2 N–H and O–H groups in total. The van der Waals surface area contributed by atoms with Crippen molar-refractivity contribution in [2.75, 3.05) is 18.8 Å². The molecular weight excluding hydrogens is 238 g/mol. The van der Waals surface area contributed by atoms with Crippen LogP contribution < -0.4 is 5.73 Å². The summed E-state index contributed by atoms with van der Waals surface area (Å²) in [4.78, 5) is 14.6. The highest BCUT2D eigenvalue weighted by molar-refractivity contribution is 5.94. The van der Waals surface area contributed by atoms with E-state index in [1.807, 2.05) is 15.7 Å². The fourth-order valence-corrected chi connectivity index (χ4v) is 2.86. The highest BCUT2D eigenvalue weighted by atomic mass is 16.2. The second kappa shape index (κ2) is 4.91. The predicted octanol–water partition coefficient (Wildman–Crippen LogP) is 2.91. The minimum Gasteiger partial charge on any atom is -0.397 e. The summed E-state index contributed by atoms with van der Waals surface area (Å²) in [7, 11) is 0. The maximum atomic E-state index is 12.7.